The molecule has 1 heterocycles. The number of halogens is 1. The Balaban J connectivity index is 2.08. The number of benzene rings is 1. The van der Waals surface area contributed by atoms with Gasteiger partial charge in [0.05, 0.1) is 17.8 Å². The monoisotopic (exact) mass is 321 g/mol. The average Bonchev–Trinajstić information content (AvgIpc) is 2.48. The number of nitrogens with two attached hydrogens (primary N) is 2. The molecular formula is C15H20ClN5O. The smallest absolute Gasteiger partial charge is 0.220 e. The average molecular weight is 322 g/mol. The highest BCUT2D eigenvalue weighted by Crippen LogP contribution is 2.42. The number of hydrogen-bond donors (Lipinski definition) is 2. The minimum Gasteiger partial charge on any atom is -0.497 e. The maximum atomic E-state index is 6.43. The van der Waals surface area contributed by atoms with Gasteiger partial charge in [-0.1, -0.05) is 18.0 Å². The minimum absolute atomic E-state index is 0.236. The molecule has 118 valence electrons. The van der Waals surface area contributed by atoms with Crippen LogP contribution < -0.4 is 21.1 Å². The van der Waals surface area contributed by atoms with Crippen LogP contribution in [-0.2, 0) is 0 Å². The quantitative estimate of drug-likeness (QED) is 0.875. The van der Waals surface area contributed by atoms with Gasteiger partial charge in [0, 0.05) is 6.07 Å². The van der Waals surface area contributed by atoms with E-state index in [9.17, 15) is 0 Å². The first-order valence-corrected chi connectivity index (χ1v) is 7.77. The molecule has 1 aromatic rings. The summed E-state index contributed by atoms with van der Waals surface area (Å²) in [6, 6.07) is 5.51. The third kappa shape index (κ3) is 2.47. The molecule has 22 heavy (non-hydrogen) atoms. The summed E-state index contributed by atoms with van der Waals surface area (Å²) in [7, 11) is 1.61. The van der Waals surface area contributed by atoms with Crippen LogP contribution in [0, 0.1) is 0 Å². The topological polar surface area (TPSA) is 89.2 Å². The second-order valence-electron chi connectivity index (χ2n) is 5.64. The number of aliphatic imine (C=N–C) groups is 2. The number of hydrogen-bond acceptors (Lipinski definition) is 6. The SMILES string of the molecule is COc1ccc(N2C(N)=NC(N)=NC23CCCCC3)c(Cl)c1. The van der Waals surface area contributed by atoms with Crippen LogP contribution in [0.5, 0.6) is 5.75 Å². The molecule has 1 aliphatic heterocycles. The van der Waals surface area contributed by atoms with Gasteiger partial charge in [0.25, 0.3) is 0 Å². The molecule has 4 N–H and O–H groups in total. The predicted octanol–water partition coefficient (Wildman–Crippen LogP) is 2.46. The molecule has 3 rings (SSSR count). The summed E-state index contributed by atoms with van der Waals surface area (Å²) < 4.78 is 5.21. The first-order chi connectivity index (χ1) is 10.6. The van der Waals surface area contributed by atoms with Crippen LogP contribution in [0.15, 0.2) is 28.2 Å². The molecule has 0 amide bonds. The van der Waals surface area contributed by atoms with E-state index in [0.29, 0.717) is 16.7 Å². The lowest BCUT2D eigenvalue weighted by molar-refractivity contribution is 0.305. The van der Waals surface area contributed by atoms with Gasteiger partial charge >= 0.3 is 0 Å². The van der Waals surface area contributed by atoms with Crippen molar-refractivity contribution in [2.45, 2.75) is 37.8 Å². The molecule has 1 spiro atoms. The van der Waals surface area contributed by atoms with E-state index in [0.717, 1.165) is 31.4 Å². The van der Waals surface area contributed by atoms with Crippen LogP contribution in [-0.4, -0.2) is 24.7 Å². The summed E-state index contributed by atoms with van der Waals surface area (Å²) in [5.41, 5.74) is 12.3. The molecule has 0 bridgehead atoms. The van der Waals surface area contributed by atoms with Crippen molar-refractivity contribution in [1.29, 1.82) is 0 Å². The molecular weight excluding hydrogens is 302 g/mol. The highest BCUT2D eigenvalue weighted by atomic mass is 35.5. The molecule has 0 atom stereocenters. The second-order valence-corrected chi connectivity index (χ2v) is 6.04. The molecule has 7 heteroatoms. The Morgan fingerprint density at radius 3 is 2.59 bits per heavy atom. The van der Waals surface area contributed by atoms with Gasteiger partial charge < -0.3 is 16.2 Å². The van der Waals surface area contributed by atoms with Crippen molar-refractivity contribution in [3.8, 4) is 5.75 Å². The molecule has 1 saturated carbocycles. The zero-order valence-electron chi connectivity index (χ0n) is 12.6. The van der Waals surface area contributed by atoms with Gasteiger partial charge in [-0.05, 0) is 37.8 Å². The van der Waals surface area contributed by atoms with Crippen LogP contribution in [0.3, 0.4) is 0 Å². The fraction of sp³-hybridized carbons (Fsp3) is 0.467. The van der Waals surface area contributed by atoms with Gasteiger partial charge in [0.1, 0.15) is 11.4 Å². The van der Waals surface area contributed by atoms with Crippen molar-refractivity contribution in [3.05, 3.63) is 23.2 Å². The number of rotatable bonds is 2. The van der Waals surface area contributed by atoms with E-state index >= 15 is 0 Å². The predicted molar refractivity (Wildman–Crippen MR) is 89.5 cm³/mol. The molecule has 1 fully saturated rings. The van der Waals surface area contributed by atoms with Crippen molar-refractivity contribution in [2.24, 2.45) is 21.5 Å². The van der Waals surface area contributed by atoms with E-state index in [1.54, 1.807) is 13.2 Å². The number of anilines is 1. The Bertz CT molecular complexity index is 637. The van der Waals surface area contributed by atoms with Gasteiger partial charge in [0.15, 0.2) is 0 Å². The van der Waals surface area contributed by atoms with Crippen molar-refractivity contribution < 1.29 is 4.74 Å². The van der Waals surface area contributed by atoms with Crippen molar-refractivity contribution in [1.82, 2.24) is 0 Å². The molecule has 6 nitrogen and oxygen atoms in total. The lowest BCUT2D eigenvalue weighted by Gasteiger charge is -2.45. The summed E-state index contributed by atoms with van der Waals surface area (Å²) >= 11 is 6.43. The first kappa shape index (κ1) is 15.0. The van der Waals surface area contributed by atoms with Crippen LogP contribution >= 0.6 is 11.6 Å². The first-order valence-electron chi connectivity index (χ1n) is 7.39. The Morgan fingerprint density at radius 1 is 1.23 bits per heavy atom. The van der Waals surface area contributed by atoms with Crippen molar-refractivity contribution >= 4 is 29.2 Å². The number of methoxy groups -OCH3 is 1. The van der Waals surface area contributed by atoms with Crippen molar-refractivity contribution in [3.63, 3.8) is 0 Å². The zero-order chi connectivity index (χ0) is 15.7. The molecule has 0 radical (unpaired) electrons. The fourth-order valence-corrected chi connectivity index (χ4v) is 3.52. The highest BCUT2D eigenvalue weighted by molar-refractivity contribution is 6.34. The Labute approximate surface area is 134 Å². The molecule has 0 aromatic heterocycles. The van der Waals surface area contributed by atoms with E-state index in [2.05, 4.69) is 9.98 Å². The van der Waals surface area contributed by atoms with Crippen LogP contribution in [0.25, 0.3) is 0 Å². The summed E-state index contributed by atoms with van der Waals surface area (Å²) in [4.78, 5) is 10.7. The Morgan fingerprint density at radius 2 is 1.95 bits per heavy atom. The van der Waals surface area contributed by atoms with E-state index in [1.807, 2.05) is 17.0 Å². The Kier molecular flexibility index (Phi) is 3.87. The van der Waals surface area contributed by atoms with Crippen LogP contribution in [0.2, 0.25) is 5.02 Å². The summed E-state index contributed by atoms with van der Waals surface area (Å²) in [5, 5.41) is 0.554. The lowest BCUT2D eigenvalue weighted by atomic mass is 9.87. The lowest BCUT2D eigenvalue weighted by Crippen LogP contribution is -2.58. The van der Waals surface area contributed by atoms with Gasteiger partial charge in [-0.3, -0.25) is 4.90 Å². The molecule has 1 aromatic carbocycles. The largest absolute Gasteiger partial charge is 0.497 e. The number of nitrogens with zero attached hydrogens (tertiary/aromatic N) is 3. The maximum Gasteiger partial charge on any atom is 0.220 e. The summed E-state index contributed by atoms with van der Waals surface area (Å²) in [5.74, 6) is 1.27. The fourth-order valence-electron chi connectivity index (χ4n) is 3.27. The summed E-state index contributed by atoms with van der Waals surface area (Å²) in [6.45, 7) is 0. The van der Waals surface area contributed by atoms with Crippen LogP contribution in [0.1, 0.15) is 32.1 Å². The van der Waals surface area contributed by atoms with E-state index in [1.165, 1.54) is 6.42 Å². The van der Waals surface area contributed by atoms with E-state index in [4.69, 9.17) is 27.8 Å². The highest BCUT2D eigenvalue weighted by Gasteiger charge is 2.43. The minimum atomic E-state index is -0.480. The summed E-state index contributed by atoms with van der Waals surface area (Å²) in [6.07, 6.45) is 5.11. The molecule has 0 unspecified atom stereocenters. The van der Waals surface area contributed by atoms with Gasteiger partial charge in [-0.2, -0.15) is 4.99 Å². The van der Waals surface area contributed by atoms with Crippen LogP contribution in [0.4, 0.5) is 5.69 Å². The number of guanidine groups is 2. The standard InChI is InChI=1S/C15H20ClN5O/c1-22-10-5-6-12(11(16)9-10)21-14(18)19-13(17)20-15(21)7-3-2-4-8-15/h5-6,9H,2-4,7-8H2,1H3,(H4,17,18,19,20). The third-order valence-electron chi connectivity index (χ3n) is 4.25. The molecule has 0 saturated heterocycles. The Hall–Kier alpha value is -1.95. The van der Waals surface area contributed by atoms with Gasteiger partial charge in [-0.15, -0.1) is 0 Å². The van der Waals surface area contributed by atoms with Gasteiger partial charge in [0.2, 0.25) is 11.9 Å². The second kappa shape index (κ2) is 5.68. The van der Waals surface area contributed by atoms with E-state index in [-0.39, 0.29) is 5.96 Å². The zero-order valence-corrected chi connectivity index (χ0v) is 13.3. The normalized spacial score (nSPS) is 20.5. The molecule has 2 aliphatic rings. The van der Waals surface area contributed by atoms with Gasteiger partial charge in [-0.25, -0.2) is 4.99 Å². The maximum absolute atomic E-state index is 6.43. The van der Waals surface area contributed by atoms with Crippen molar-refractivity contribution in [2.75, 3.05) is 12.0 Å². The van der Waals surface area contributed by atoms with E-state index < -0.39 is 5.66 Å². The molecule has 1 aliphatic carbocycles. The number of ether oxygens (including phenoxy) is 1. The third-order valence-corrected chi connectivity index (χ3v) is 4.55.